The third-order valence-corrected chi connectivity index (χ3v) is 3.38. The van der Waals surface area contributed by atoms with Gasteiger partial charge in [-0.05, 0) is 20.1 Å². The van der Waals surface area contributed by atoms with Gasteiger partial charge in [0.25, 0.3) is 0 Å². The van der Waals surface area contributed by atoms with Crippen LogP contribution in [0, 0.1) is 0 Å². The maximum Gasteiger partial charge on any atom is 0.219 e. The molecule has 1 aromatic heterocycles. The van der Waals surface area contributed by atoms with Gasteiger partial charge in [-0.15, -0.1) is 0 Å². The van der Waals surface area contributed by atoms with Crippen LogP contribution in [-0.2, 0) is 0 Å². The molecule has 0 aliphatic carbocycles. The highest BCUT2D eigenvalue weighted by Crippen LogP contribution is 2.22. The lowest BCUT2D eigenvalue weighted by Crippen LogP contribution is -2.49. The molecule has 0 saturated carbocycles. The standard InChI is InChI=1S/C12H20N4OS/c1-4-17-11-7-10(14-12(15-11)18-3)16-6-5-13-9(2)8-16/h7,9,13H,4-6,8H2,1-3H3/t9-/m0/s1. The van der Waals surface area contributed by atoms with Crippen LogP contribution in [0.5, 0.6) is 5.88 Å². The second-order valence-corrected chi connectivity index (χ2v) is 5.06. The van der Waals surface area contributed by atoms with E-state index in [0.717, 1.165) is 30.6 Å². The van der Waals surface area contributed by atoms with Crippen LogP contribution in [0.15, 0.2) is 11.2 Å². The quantitative estimate of drug-likeness (QED) is 0.658. The van der Waals surface area contributed by atoms with Crippen molar-refractivity contribution in [3.63, 3.8) is 0 Å². The van der Waals surface area contributed by atoms with Crippen LogP contribution >= 0.6 is 11.8 Å². The highest BCUT2D eigenvalue weighted by molar-refractivity contribution is 7.98. The summed E-state index contributed by atoms with van der Waals surface area (Å²) in [5.74, 6) is 1.63. The minimum absolute atomic E-state index is 0.488. The number of thioether (sulfide) groups is 1. The van der Waals surface area contributed by atoms with Gasteiger partial charge in [-0.1, -0.05) is 11.8 Å². The van der Waals surface area contributed by atoms with Gasteiger partial charge in [0.1, 0.15) is 5.82 Å². The van der Waals surface area contributed by atoms with Crippen molar-refractivity contribution in [3.8, 4) is 5.88 Å². The topological polar surface area (TPSA) is 50.3 Å². The number of hydrogen-bond donors (Lipinski definition) is 1. The van der Waals surface area contributed by atoms with E-state index in [0.29, 0.717) is 18.5 Å². The fourth-order valence-corrected chi connectivity index (χ4v) is 2.37. The Morgan fingerprint density at radius 1 is 1.56 bits per heavy atom. The first-order valence-corrected chi connectivity index (χ1v) is 7.49. The number of piperazine rings is 1. The van der Waals surface area contributed by atoms with E-state index < -0.39 is 0 Å². The minimum Gasteiger partial charge on any atom is -0.478 e. The highest BCUT2D eigenvalue weighted by Gasteiger charge is 2.18. The van der Waals surface area contributed by atoms with Gasteiger partial charge in [0.15, 0.2) is 5.16 Å². The summed E-state index contributed by atoms with van der Waals surface area (Å²) >= 11 is 1.54. The van der Waals surface area contributed by atoms with Crippen LogP contribution in [-0.4, -0.2) is 48.5 Å². The van der Waals surface area contributed by atoms with E-state index in [1.807, 2.05) is 19.2 Å². The Morgan fingerprint density at radius 3 is 3.06 bits per heavy atom. The van der Waals surface area contributed by atoms with Crippen molar-refractivity contribution in [2.75, 3.05) is 37.4 Å². The Balaban J connectivity index is 2.22. The summed E-state index contributed by atoms with van der Waals surface area (Å²) in [6, 6.07) is 2.42. The van der Waals surface area contributed by atoms with Crippen LogP contribution < -0.4 is 15.0 Å². The number of hydrogen-bond acceptors (Lipinski definition) is 6. The summed E-state index contributed by atoms with van der Waals surface area (Å²) in [4.78, 5) is 11.2. The minimum atomic E-state index is 0.488. The number of nitrogens with zero attached hydrogens (tertiary/aromatic N) is 3. The van der Waals surface area contributed by atoms with Crippen molar-refractivity contribution in [2.24, 2.45) is 0 Å². The normalized spacial score (nSPS) is 19.9. The molecule has 2 rings (SSSR count). The van der Waals surface area contributed by atoms with E-state index in [1.165, 1.54) is 0 Å². The van der Waals surface area contributed by atoms with Crippen LogP contribution in [0.4, 0.5) is 5.82 Å². The average molecular weight is 268 g/mol. The molecule has 100 valence electrons. The third kappa shape index (κ3) is 3.26. The summed E-state index contributed by atoms with van der Waals surface area (Å²) in [5.41, 5.74) is 0. The molecule has 1 aliphatic rings. The first-order chi connectivity index (χ1) is 8.72. The molecule has 1 fully saturated rings. The van der Waals surface area contributed by atoms with Crippen molar-refractivity contribution < 1.29 is 4.74 Å². The molecule has 0 unspecified atom stereocenters. The summed E-state index contributed by atoms with van der Waals surface area (Å²) < 4.78 is 5.50. The number of ether oxygens (including phenoxy) is 1. The maximum atomic E-state index is 5.50. The monoisotopic (exact) mass is 268 g/mol. The van der Waals surface area contributed by atoms with Crippen LogP contribution in [0.3, 0.4) is 0 Å². The van der Waals surface area contributed by atoms with E-state index in [1.54, 1.807) is 11.8 Å². The molecule has 1 atom stereocenters. The third-order valence-electron chi connectivity index (χ3n) is 2.84. The zero-order valence-electron chi connectivity index (χ0n) is 11.1. The van der Waals surface area contributed by atoms with Crippen molar-refractivity contribution in [3.05, 3.63) is 6.07 Å². The summed E-state index contributed by atoms with van der Waals surface area (Å²) in [6.45, 7) is 7.71. The first-order valence-electron chi connectivity index (χ1n) is 6.27. The van der Waals surface area contributed by atoms with E-state index >= 15 is 0 Å². The Hall–Kier alpha value is -1.01. The molecule has 5 nitrogen and oxygen atoms in total. The number of aromatic nitrogens is 2. The molecule has 0 spiro atoms. The predicted molar refractivity (Wildman–Crippen MR) is 74.7 cm³/mol. The van der Waals surface area contributed by atoms with Gasteiger partial charge >= 0.3 is 0 Å². The Labute approximate surface area is 112 Å². The lowest BCUT2D eigenvalue weighted by atomic mass is 10.2. The lowest BCUT2D eigenvalue weighted by Gasteiger charge is -2.32. The zero-order valence-corrected chi connectivity index (χ0v) is 12.0. The molecular formula is C12H20N4OS. The average Bonchev–Trinajstić information content (AvgIpc) is 2.39. The summed E-state index contributed by atoms with van der Waals surface area (Å²) in [6.07, 6.45) is 1.98. The fourth-order valence-electron chi connectivity index (χ4n) is 2.01. The van der Waals surface area contributed by atoms with Crippen molar-refractivity contribution in [1.82, 2.24) is 15.3 Å². The first kappa shape index (κ1) is 13.4. The zero-order chi connectivity index (χ0) is 13.0. The van der Waals surface area contributed by atoms with Gasteiger partial charge in [0, 0.05) is 31.7 Å². The summed E-state index contributed by atoms with van der Waals surface area (Å²) in [7, 11) is 0. The SMILES string of the molecule is CCOc1cc(N2CCN[C@@H](C)C2)nc(SC)n1. The molecule has 18 heavy (non-hydrogen) atoms. The molecule has 0 aromatic carbocycles. The smallest absolute Gasteiger partial charge is 0.219 e. The second kappa shape index (κ2) is 6.24. The van der Waals surface area contributed by atoms with Crippen molar-refractivity contribution >= 4 is 17.6 Å². The maximum absolute atomic E-state index is 5.50. The molecule has 1 saturated heterocycles. The number of rotatable bonds is 4. The Morgan fingerprint density at radius 2 is 2.39 bits per heavy atom. The summed E-state index contributed by atoms with van der Waals surface area (Å²) in [5, 5.41) is 4.19. The van der Waals surface area contributed by atoms with Crippen LogP contribution in [0.25, 0.3) is 0 Å². The van der Waals surface area contributed by atoms with Crippen LogP contribution in [0.2, 0.25) is 0 Å². The van der Waals surface area contributed by atoms with Crippen LogP contribution in [0.1, 0.15) is 13.8 Å². The molecule has 0 bridgehead atoms. The molecule has 1 aromatic rings. The van der Waals surface area contributed by atoms with Crippen molar-refractivity contribution in [2.45, 2.75) is 25.0 Å². The van der Waals surface area contributed by atoms with Gasteiger partial charge in [-0.2, -0.15) is 4.98 Å². The number of nitrogens with one attached hydrogen (secondary N) is 1. The highest BCUT2D eigenvalue weighted by atomic mass is 32.2. The van der Waals surface area contributed by atoms with Gasteiger partial charge in [0.2, 0.25) is 5.88 Å². The van der Waals surface area contributed by atoms with Gasteiger partial charge in [-0.3, -0.25) is 0 Å². The van der Waals surface area contributed by atoms with E-state index in [-0.39, 0.29) is 0 Å². The molecule has 0 radical (unpaired) electrons. The van der Waals surface area contributed by atoms with Gasteiger partial charge in [0.05, 0.1) is 6.61 Å². The lowest BCUT2D eigenvalue weighted by molar-refractivity contribution is 0.323. The van der Waals surface area contributed by atoms with E-state index in [4.69, 9.17) is 4.74 Å². The predicted octanol–water partition coefficient (Wildman–Crippen LogP) is 1.40. The molecular weight excluding hydrogens is 248 g/mol. The Bertz CT molecular complexity index is 402. The van der Waals surface area contributed by atoms with E-state index in [9.17, 15) is 0 Å². The molecule has 6 heteroatoms. The Kier molecular flexibility index (Phi) is 4.66. The fraction of sp³-hybridized carbons (Fsp3) is 0.667. The number of anilines is 1. The second-order valence-electron chi connectivity index (χ2n) is 4.29. The van der Waals surface area contributed by atoms with E-state index in [2.05, 4.69) is 27.1 Å². The van der Waals surface area contributed by atoms with Gasteiger partial charge in [-0.25, -0.2) is 4.98 Å². The largest absolute Gasteiger partial charge is 0.478 e. The van der Waals surface area contributed by atoms with Crippen molar-refractivity contribution in [1.29, 1.82) is 0 Å². The molecule has 2 heterocycles. The molecule has 1 N–H and O–H groups in total. The molecule has 1 aliphatic heterocycles. The molecule has 0 amide bonds. The van der Waals surface area contributed by atoms with Gasteiger partial charge < -0.3 is 15.0 Å².